The molecule has 0 unspecified atom stereocenters. The molecule has 1 aromatic heterocycles. The van der Waals surface area contributed by atoms with Crippen LogP contribution < -0.4 is 5.43 Å². The van der Waals surface area contributed by atoms with E-state index < -0.39 is 4.92 Å². The number of benzene rings is 5. The number of rotatable bonds is 4. The summed E-state index contributed by atoms with van der Waals surface area (Å²) in [5, 5.41) is 23.4. The molecule has 6 rings (SSSR count). The highest BCUT2D eigenvalue weighted by Crippen LogP contribution is 2.36. The number of non-ortho nitro benzene ring substituents is 1. The Morgan fingerprint density at radius 1 is 0.784 bits per heavy atom. The molecule has 0 radical (unpaired) electrons. The maximum atomic E-state index is 13.5. The van der Waals surface area contributed by atoms with Gasteiger partial charge in [0.2, 0.25) is 5.43 Å². The Labute approximate surface area is 209 Å². The fourth-order valence-corrected chi connectivity index (χ4v) is 4.67. The van der Waals surface area contributed by atoms with Gasteiger partial charge in [0.15, 0.2) is 5.78 Å². The molecule has 7 heteroatoms. The number of carbonyl (C=O) groups is 1. The monoisotopic (exact) mass is 487 g/mol. The molecule has 0 aliphatic rings. The van der Waals surface area contributed by atoms with Gasteiger partial charge in [0.1, 0.15) is 16.9 Å². The molecule has 5 aromatic carbocycles. The van der Waals surface area contributed by atoms with Crippen molar-refractivity contribution in [1.82, 2.24) is 0 Å². The van der Waals surface area contributed by atoms with Crippen molar-refractivity contribution in [3.8, 4) is 16.9 Å². The Balaban J connectivity index is 1.68. The Bertz CT molecular complexity index is 1950. The lowest BCUT2D eigenvalue weighted by atomic mass is 9.92. The molecule has 0 saturated carbocycles. The summed E-state index contributed by atoms with van der Waals surface area (Å²) in [5.41, 5.74) is 2.33. The van der Waals surface area contributed by atoms with E-state index in [-0.39, 0.29) is 28.2 Å². The summed E-state index contributed by atoms with van der Waals surface area (Å²) in [6.45, 7) is 0. The first kappa shape index (κ1) is 22.2. The molecule has 37 heavy (non-hydrogen) atoms. The second-order valence-corrected chi connectivity index (χ2v) is 8.64. The summed E-state index contributed by atoms with van der Waals surface area (Å²) in [4.78, 5) is 37.5. The zero-order chi connectivity index (χ0) is 25.7. The number of nitro benzene ring substituents is 1. The first-order valence-electron chi connectivity index (χ1n) is 11.4. The molecular weight excluding hydrogens is 470 g/mol. The van der Waals surface area contributed by atoms with Crippen LogP contribution in [0.15, 0.2) is 106 Å². The summed E-state index contributed by atoms with van der Waals surface area (Å²) in [6.07, 6.45) is 0. The van der Waals surface area contributed by atoms with E-state index in [9.17, 15) is 24.8 Å². The van der Waals surface area contributed by atoms with Gasteiger partial charge in [-0.25, -0.2) is 0 Å². The molecule has 0 spiro atoms. The summed E-state index contributed by atoms with van der Waals surface area (Å²) in [7, 11) is 0. The minimum atomic E-state index is -0.476. The summed E-state index contributed by atoms with van der Waals surface area (Å²) in [6, 6.07) is 26.0. The molecule has 0 bridgehead atoms. The van der Waals surface area contributed by atoms with E-state index in [1.54, 1.807) is 78.9 Å². The number of nitrogens with zero attached hydrogens (tertiary/aromatic N) is 1. The number of hydrogen-bond acceptors (Lipinski definition) is 6. The maximum absolute atomic E-state index is 13.5. The number of carbonyl (C=O) groups excluding carboxylic acids is 1. The molecule has 0 amide bonds. The molecule has 0 atom stereocenters. The summed E-state index contributed by atoms with van der Waals surface area (Å²) in [5.74, 6) is -0.505. The first-order chi connectivity index (χ1) is 17.9. The smallest absolute Gasteiger partial charge is 0.269 e. The van der Waals surface area contributed by atoms with Gasteiger partial charge in [-0.1, -0.05) is 36.4 Å². The highest BCUT2D eigenvalue weighted by molar-refractivity contribution is 6.18. The standard InChI is InChI=1S/C30H17NO6/c32-25-7-3-1-5-21(25)29(33)18-11-14-20-24(15-18)23(17-9-12-19(13-10-17)31(35)36)16-27-28(20)30(34)22-6-2-4-8-26(22)37-27/h1-16,32H. The van der Waals surface area contributed by atoms with Crippen LogP contribution in [0.1, 0.15) is 15.9 Å². The fourth-order valence-electron chi connectivity index (χ4n) is 4.67. The highest BCUT2D eigenvalue weighted by atomic mass is 16.6. The number of para-hydroxylation sites is 2. The van der Waals surface area contributed by atoms with E-state index in [4.69, 9.17) is 4.42 Å². The number of phenols is 1. The Hall–Kier alpha value is -5.30. The zero-order valence-corrected chi connectivity index (χ0v) is 19.2. The third kappa shape index (κ3) is 3.61. The van der Waals surface area contributed by atoms with Crippen LogP contribution in [-0.4, -0.2) is 15.8 Å². The van der Waals surface area contributed by atoms with Crippen molar-refractivity contribution in [3.63, 3.8) is 0 Å². The van der Waals surface area contributed by atoms with Crippen LogP contribution in [0.25, 0.3) is 43.8 Å². The van der Waals surface area contributed by atoms with Crippen LogP contribution in [0.5, 0.6) is 5.75 Å². The van der Waals surface area contributed by atoms with Gasteiger partial charge < -0.3 is 9.52 Å². The molecule has 0 aliphatic carbocycles. The van der Waals surface area contributed by atoms with Gasteiger partial charge in [-0.3, -0.25) is 19.7 Å². The second-order valence-electron chi connectivity index (χ2n) is 8.64. The number of aromatic hydroxyl groups is 1. The Kier molecular flexibility index (Phi) is 5.05. The second kappa shape index (κ2) is 8.42. The zero-order valence-electron chi connectivity index (χ0n) is 19.2. The lowest BCUT2D eigenvalue weighted by molar-refractivity contribution is -0.384. The van der Waals surface area contributed by atoms with Crippen LogP contribution in [0, 0.1) is 10.1 Å². The molecule has 0 aliphatic heterocycles. The van der Waals surface area contributed by atoms with Crippen molar-refractivity contribution in [2.75, 3.05) is 0 Å². The molecule has 1 heterocycles. The van der Waals surface area contributed by atoms with Gasteiger partial charge >= 0.3 is 0 Å². The molecule has 0 saturated heterocycles. The molecular formula is C30H17NO6. The number of hydrogen-bond donors (Lipinski definition) is 1. The molecule has 6 aromatic rings. The number of phenolic OH excluding ortho intramolecular Hbond substituents is 1. The van der Waals surface area contributed by atoms with Gasteiger partial charge in [-0.15, -0.1) is 0 Å². The normalized spacial score (nSPS) is 11.2. The van der Waals surface area contributed by atoms with E-state index in [1.807, 2.05) is 0 Å². The number of ketones is 1. The van der Waals surface area contributed by atoms with Crippen molar-refractivity contribution < 1.29 is 19.2 Å². The Morgan fingerprint density at radius 3 is 2.27 bits per heavy atom. The predicted molar refractivity (Wildman–Crippen MR) is 141 cm³/mol. The largest absolute Gasteiger partial charge is 0.507 e. The summed E-state index contributed by atoms with van der Waals surface area (Å²) >= 11 is 0. The van der Waals surface area contributed by atoms with E-state index in [0.29, 0.717) is 49.4 Å². The highest BCUT2D eigenvalue weighted by Gasteiger charge is 2.19. The average molecular weight is 487 g/mol. The van der Waals surface area contributed by atoms with Crippen LogP contribution in [0.2, 0.25) is 0 Å². The Morgan fingerprint density at radius 2 is 1.51 bits per heavy atom. The summed E-state index contributed by atoms with van der Waals surface area (Å²) < 4.78 is 6.11. The van der Waals surface area contributed by atoms with E-state index in [2.05, 4.69) is 0 Å². The van der Waals surface area contributed by atoms with Crippen LogP contribution in [0.4, 0.5) is 5.69 Å². The third-order valence-electron chi connectivity index (χ3n) is 6.48. The average Bonchev–Trinajstić information content (AvgIpc) is 2.92. The van der Waals surface area contributed by atoms with Crippen LogP contribution >= 0.6 is 0 Å². The van der Waals surface area contributed by atoms with E-state index in [0.717, 1.165) is 0 Å². The van der Waals surface area contributed by atoms with Gasteiger partial charge in [0.05, 0.1) is 21.3 Å². The van der Waals surface area contributed by atoms with Gasteiger partial charge in [-0.05, 0) is 70.4 Å². The number of nitro groups is 1. The van der Waals surface area contributed by atoms with E-state index >= 15 is 0 Å². The van der Waals surface area contributed by atoms with Crippen molar-refractivity contribution in [1.29, 1.82) is 0 Å². The van der Waals surface area contributed by atoms with Crippen molar-refractivity contribution in [2.45, 2.75) is 0 Å². The maximum Gasteiger partial charge on any atom is 0.269 e. The van der Waals surface area contributed by atoms with E-state index in [1.165, 1.54) is 18.2 Å². The van der Waals surface area contributed by atoms with Gasteiger partial charge in [0, 0.05) is 17.7 Å². The van der Waals surface area contributed by atoms with Crippen molar-refractivity contribution in [2.24, 2.45) is 0 Å². The molecule has 0 fully saturated rings. The molecule has 178 valence electrons. The SMILES string of the molecule is O=C(c1ccc2c(c1)c(-c1ccc([N+](=O)[O-])cc1)cc1oc3ccccc3c(=O)c12)c1ccccc1O. The minimum absolute atomic E-state index is 0.0539. The topological polar surface area (TPSA) is 111 Å². The lowest BCUT2D eigenvalue weighted by Crippen LogP contribution is -2.05. The minimum Gasteiger partial charge on any atom is -0.507 e. The van der Waals surface area contributed by atoms with Gasteiger partial charge in [-0.2, -0.15) is 0 Å². The number of fused-ring (bicyclic) bond motifs is 4. The predicted octanol–water partition coefficient (Wildman–Crippen LogP) is 6.61. The molecule has 1 N–H and O–H groups in total. The fraction of sp³-hybridized carbons (Fsp3) is 0. The van der Waals surface area contributed by atoms with Crippen LogP contribution in [0.3, 0.4) is 0 Å². The third-order valence-corrected chi connectivity index (χ3v) is 6.48. The van der Waals surface area contributed by atoms with Gasteiger partial charge in [0.25, 0.3) is 5.69 Å². The van der Waals surface area contributed by atoms with Crippen molar-refractivity contribution >= 4 is 44.2 Å². The van der Waals surface area contributed by atoms with Crippen LogP contribution in [-0.2, 0) is 0 Å². The first-order valence-corrected chi connectivity index (χ1v) is 11.4. The molecule has 7 nitrogen and oxygen atoms in total. The quantitative estimate of drug-likeness (QED) is 0.0985. The lowest BCUT2D eigenvalue weighted by Gasteiger charge is -2.13. The van der Waals surface area contributed by atoms with Crippen molar-refractivity contribution in [3.05, 3.63) is 129 Å².